The van der Waals surface area contributed by atoms with Crippen molar-refractivity contribution in [3.63, 3.8) is 0 Å². The monoisotopic (exact) mass is 345 g/mol. The maximum absolute atomic E-state index is 12.5. The molecular weight excluding hydrogens is 322 g/mol. The summed E-state index contributed by atoms with van der Waals surface area (Å²) in [6.07, 6.45) is 6.57. The van der Waals surface area contributed by atoms with Crippen LogP contribution in [0.1, 0.15) is 36.8 Å². The van der Waals surface area contributed by atoms with Crippen LogP contribution in [0.25, 0.3) is 0 Å². The Kier molecular flexibility index (Phi) is 4.76. The lowest BCUT2D eigenvalue weighted by Gasteiger charge is -2.14. The number of benzene rings is 1. The zero-order valence-corrected chi connectivity index (χ0v) is 14.9. The smallest absolute Gasteiger partial charge is 0.263 e. The predicted octanol–water partition coefficient (Wildman–Crippen LogP) is 3.85. The van der Waals surface area contributed by atoms with Crippen LogP contribution in [0.5, 0.6) is 0 Å². The van der Waals surface area contributed by atoms with Gasteiger partial charge in [-0.2, -0.15) is 0 Å². The van der Waals surface area contributed by atoms with E-state index in [2.05, 4.69) is 15.0 Å². The second-order valence-electron chi connectivity index (χ2n) is 6.43. The number of pyridine rings is 1. The molecule has 1 fully saturated rings. The van der Waals surface area contributed by atoms with Gasteiger partial charge in [0.15, 0.2) is 0 Å². The lowest BCUT2D eigenvalue weighted by molar-refractivity contribution is 0.600. The van der Waals surface area contributed by atoms with Crippen molar-refractivity contribution in [2.24, 2.45) is 0 Å². The maximum atomic E-state index is 12.5. The zero-order valence-electron chi connectivity index (χ0n) is 14.0. The summed E-state index contributed by atoms with van der Waals surface area (Å²) in [4.78, 5) is 4.51. The Hall–Kier alpha value is -2.08. The topological polar surface area (TPSA) is 71.1 Å². The molecule has 5 nitrogen and oxygen atoms in total. The number of nitrogens with one attached hydrogen (secondary N) is 2. The van der Waals surface area contributed by atoms with Crippen molar-refractivity contribution < 1.29 is 8.42 Å². The molecular formula is C18H23N3O2S. The van der Waals surface area contributed by atoms with Crippen molar-refractivity contribution >= 4 is 21.5 Å². The molecule has 2 N–H and O–H groups in total. The van der Waals surface area contributed by atoms with Crippen molar-refractivity contribution in [1.29, 1.82) is 0 Å². The van der Waals surface area contributed by atoms with Gasteiger partial charge in [0, 0.05) is 6.04 Å². The van der Waals surface area contributed by atoms with Crippen LogP contribution >= 0.6 is 0 Å². The highest BCUT2D eigenvalue weighted by molar-refractivity contribution is 7.92. The molecule has 0 atom stereocenters. The van der Waals surface area contributed by atoms with Gasteiger partial charge in [-0.1, -0.05) is 30.5 Å². The number of rotatable bonds is 5. The molecule has 3 rings (SSSR count). The summed E-state index contributed by atoms with van der Waals surface area (Å²) in [5.74, 6) is 0.326. The Balaban J connectivity index is 1.72. The quantitative estimate of drug-likeness (QED) is 0.863. The summed E-state index contributed by atoms with van der Waals surface area (Å²) in [7, 11) is -3.63. The number of anilines is 2. The Bertz CT molecular complexity index is 811. The molecule has 0 amide bonds. The van der Waals surface area contributed by atoms with Crippen molar-refractivity contribution in [2.75, 3.05) is 10.0 Å². The van der Waals surface area contributed by atoms with Gasteiger partial charge >= 0.3 is 0 Å². The number of hydrogen-bond acceptors (Lipinski definition) is 4. The summed E-state index contributed by atoms with van der Waals surface area (Å²) in [6.45, 7) is 3.73. The molecule has 128 valence electrons. The molecule has 0 saturated heterocycles. The van der Waals surface area contributed by atoms with Gasteiger partial charge in [-0.15, -0.1) is 0 Å². The summed E-state index contributed by atoms with van der Waals surface area (Å²) < 4.78 is 27.6. The number of aryl methyl sites for hydroxylation is 2. The highest BCUT2D eigenvalue weighted by Crippen LogP contribution is 2.23. The molecule has 1 aliphatic rings. The predicted molar refractivity (Wildman–Crippen MR) is 96.8 cm³/mol. The van der Waals surface area contributed by atoms with Crippen LogP contribution in [0.15, 0.2) is 41.4 Å². The van der Waals surface area contributed by atoms with Gasteiger partial charge in [0.25, 0.3) is 10.0 Å². The summed E-state index contributed by atoms with van der Waals surface area (Å²) in [5.41, 5.74) is 2.69. The van der Waals surface area contributed by atoms with E-state index in [0.29, 0.717) is 11.9 Å². The minimum Gasteiger partial charge on any atom is -0.381 e. The van der Waals surface area contributed by atoms with E-state index < -0.39 is 10.0 Å². The Morgan fingerprint density at radius 1 is 1.08 bits per heavy atom. The molecule has 6 heteroatoms. The molecule has 1 aliphatic carbocycles. The van der Waals surface area contributed by atoms with E-state index in [-0.39, 0.29) is 4.90 Å². The fourth-order valence-corrected chi connectivity index (χ4v) is 4.37. The van der Waals surface area contributed by atoms with E-state index in [9.17, 15) is 8.42 Å². The van der Waals surface area contributed by atoms with E-state index in [1.165, 1.54) is 25.7 Å². The van der Waals surface area contributed by atoms with E-state index >= 15 is 0 Å². The van der Waals surface area contributed by atoms with Gasteiger partial charge in [-0.3, -0.25) is 4.72 Å². The van der Waals surface area contributed by atoms with E-state index in [4.69, 9.17) is 0 Å². The van der Waals surface area contributed by atoms with Crippen LogP contribution in [0.3, 0.4) is 0 Å². The minimum absolute atomic E-state index is 0.281. The van der Waals surface area contributed by atoms with Crippen molar-refractivity contribution in [2.45, 2.75) is 50.5 Å². The second-order valence-corrected chi connectivity index (χ2v) is 8.08. The normalized spacial score (nSPS) is 15.4. The Morgan fingerprint density at radius 2 is 1.83 bits per heavy atom. The molecule has 0 unspecified atom stereocenters. The SMILES string of the molecule is Cc1ccc(S(=O)(=O)Nc2ccc(NC3CCCC3)cn2)c(C)c1. The summed E-state index contributed by atoms with van der Waals surface area (Å²) in [6, 6.07) is 9.34. The van der Waals surface area contributed by atoms with Crippen molar-refractivity contribution in [1.82, 2.24) is 4.98 Å². The van der Waals surface area contributed by atoms with Crippen LogP contribution in [-0.4, -0.2) is 19.4 Å². The number of aromatic nitrogens is 1. The fraction of sp³-hybridized carbons (Fsp3) is 0.389. The lowest BCUT2D eigenvalue weighted by atomic mass is 10.2. The first kappa shape index (κ1) is 16.8. The third kappa shape index (κ3) is 3.87. The molecule has 2 aromatic rings. The first-order chi connectivity index (χ1) is 11.4. The highest BCUT2D eigenvalue weighted by atomic mass is 32.2. The van der Waals surface area contributed by atoms with Crippen LogP contribution < -0.4 is 10.0 Å². The van der Waals surface area contributed by atoms with Gasteiger partial charge in [0.2, 0.25) is 0 Å². The average molecular weight is 345 g/mol. The third-order valence-electron chi connectivity index (χ3n) is 4.35. The van der Waals surface area contributed by atoms with Crippen molar-refractivity contribution in [3.8, 4) is 0 Å². The molecule has 1 heterocycles. The van der Waals surface area contributed by atoms with Crippen LogP contribution in [-0.2, 0) is 10.0 Å². The van der Waals surface area contributed by atoms with Crippen molar-refractivity contribution in [3.05, 3.63) is 47.7 Å². The molecule has 0 aliphatic heterocycles. The molecule has 1 aromatic heterocycles. The van der Waals surface area contributed by atoms with E-state index in [1.807, 2.05) is 19.1 Å². The van der Waals surface area contributed by atoms with Crippen LogP contribution in [0, 0.1) is 13.8 Å². The van der Waals surface area contributed by atoms with Gasteiger partial charge in [-0.05, 0) is 50.5 Å². The van der Waals surface area contributed by atoms with E-state index in [0.717, 1.165) is 16.8 Å². The Morgan fingerprint density at radius 3 is 2.46 bits per heavy atom. The summed E-state index contributed by atoms with van der Waals surface area (Å²) in [5, 5.41) is 3.44. The molecule has 1 aromatic carbocycles. The lowest BCUT2D eigenvalue weighted by Crippen LogP contribution is -2.16. The van der Waals surface area contributed by atoms with Gasteiger partial charge in [0.05, 0.1) is 16.8 Å². The number of sulfonamides is 1. The highest BCUT2D eigenvalue weighted by Gasteiger charge is 2.18. The average Bonchev–Trinajstić information content (AvgIpc) is 3.01. The van der Waals surface area contributed by atoms with E-state index in [1.54, 1.807) is 31.3 Å². The van der Waals surface area contributed by atoms with Crippen LogP contribution in [0.4, 0.5) is 11.5 Å². The number of hydrogen-bond donors (Lipinski definition) is 2. The third-order valence-corrected chi connectivity index (χ3v) is 5.86. The first-order valence-electron chi connectivity index (χ1n) is 8.27. The Labute approximate surface area is 143 Å². The molecule has 24 heavy (non-hydrogen) atoms. The van der Waals surface area contributed by atoms with Gasteiger partial charge in [0.1, 0.15) is 5.82 Å². The standard InChI is InChI=1S/C18H23N3O2S/c1-13-7-9-17(14(2)11-13)24(22,23)21-18-10-8-16(12-19-18)20-15-5-3-4-6-15/h7-12,15,20H,3-6H2,1-2H3,(H,19,21). The van der Waals surface area contributed by atoms with Gasteiger partial charge < -0.3 is 5.32 Å². The fourth-order valence-electron chi connectivity index (χ4n) is 3.14. The maximum Gasteiger partial charge on any atom is 0.263 e. The van der Waals surface area contributed by atoms with Gasteiger partial charge in [-0.25, -0.2) is 13.4 Å². The van der Waals surface area contributed by atoms with Crippen LogP contribution in [0.2, 0.25) is 0 Å². The largest absolute Gasteiger partial charge is 0.381 e. The molecule has 0 bridgehead atoms. The number of nitrogens with zero attached hydrogens (tertiary/aromatic N) is 1. The first-order valence-corrected chi connectivity index (χ1v) is 9.75. The molecule has 1 saturated carbocycles. The molecule has 0 radical (unpaired) electrons. The summed E-state index contributed by atoms with van der Waals surface area (Å²) >= 11 is 0. The second kappa shape index (κ2) is 6.81. The molecule has 0 spiro atoms. The zero-order chi connectivity index (χ0) is 17.2. The minimum atomic E-state index is -3.63.